The lowest BCUT2D eigenvalue weighted by atomic mass is 10.2. The van der Waals surface area contributed by atoms with Gasteiger partial charge in [-0.2, -0.15) is 8.42 Å². The topological polar surface area (TPSA) is 83.5 Å². The standard InChI is InChI=1S/C14H12F2N4O2S/c1-8(11-4-2-3-5-17-11)18-14-19-12-7-9(15)6-10(16)13(12)23(21,22)20-14/h2-8H,1H3,(H2,18,19,20). The highest BCUT2D eigenvalue weighted by Crippen LogP contribution is 2.30. The van der Waals surface area contributed by atoms with Crippen molar-refractivity contribution in [3.63, 3.8) is 0 Å². The molecule has 23 heavy (non-hydrogen) atoms. The summed E-state index contributed by atoms with van der Waals surface area (Å²) in [6.45, 7) is 1.75. The number of aromatic nitrogens is 1. The summed E-state index contributed by atoms with van der Waals surface area (Å²) in [6, 6.07) is 6.33. The highest BCUT2D eigenvalue weighted by atomic mass is 32.2. The van der Waals surface area contributed by atoms with Gasteiger partial charge in [-0.1, -0.05) is 6.07 Å². The zero-order valence-corrected chi connectivity index (χ0v) is 12.7. The van der Waals surface area contributed by atoms with Gasteiger partial charge in [0.25, 0.3) is 10.0 Å². The molecule has 0 fully saturated rings. The van der Waals surface area contributed by atoms with E-state index in [2.05, 4.69) is 20.0 Å². The summed E-state index contributed by atoms with van der Waals surface area (Å²) in [6.07, 6.45) is 1.60. The number of nitrogens with zero attached hydrogens (tertiary/aromatic N) is 2. The first kappa shape index (κ1) is 15.3. The Morgan fingerprint density at radius 1 is 1.26 bits per heavy atom. The normalized spacial score (nSPS) is 16.7. The summed E-state index contributed by atoms with van der Waals surface area (Å²) in [5, 5.41) is 5.41. The molecule has 1 aliphatic heterocycles. The monoisotopic (exact) mass is 338 g/mol. The van der Waals surface area contributed by atoms with E-state index in [9.17, 15) is 17.2 Å². The maximum absolute atomic E-state index is 13.7. The molecule has 9 heteroatoms. The first-order valence-corrected chi connectivity index (χ1v) is 8.09. The molecule has 0 amide bonds. The Bertz CT molecular complexity index is 885. The average Bonchev–Trinajstić information content (AvgIpc) is 2.45. The SMILES string of the molecule is CC(NC1=NS(=O)(=O)c2c(F)cc(F)cc2N1)c1ccccn1. The lowest BCUT2D eigenvalue weighted by Crippen LogP contribution is -2.36. The van der Waals surface area contributed by atoms with Crippen LogP contribution in [0.15, 0.2) is 45.8 Å². The molecule has 3 rings (SSSR count). The fourth-order valence-corrected chi connectivity index (χ4v) is 3.33. The van der Waals surface area contributed by atoms with E-state index in [0.29, 0.717) is 11.8 Å². The summed E-state index contributed by atoms with van der Waals surface area (Å²) in [5.41, 5.74) is 0.457. The number of hydrogen-bond acceptors (Lipinski definition) is 5. The fraction of sp³-hybridized carbons (Fsp3) is 0.143. The van der Waals surface area contributed by atoms with Crippen LogP contribution in [-0.2, 0) is 10.0 Å². The Morgan fingerprint density at radius 2 is 2.04 bits per heavy atom. The molecule has 0 radical (unpaired) electrons. The number of rotatable bonds is 2. The first-order chi connectivity index (χ1) is 10.9. The number of pyridine rings is 1. The summed E-state index contributed by atoms with van der Waals surface area (Å²) in [4.78, 5) is 3.47. The summed E-state index contributed by atoms with van der Waals surface area (Å²) in [7, 11) is -4.27. The van der Waals surface area contributed by atoms with Crippen molar-refractivity contribution < 1.29 is 17.2 Å². The second-order valence-corrected chi connectivity index (χ2v) is 6.47. The van der Waals surface area contributed by atoms with Gasteiger partial charge in [0.05, 0.1) is 17.4 Å². The number of halogens is 2. The second-order valence-electron chi connectivity index (χ2n) is 4.92. The van der Waals surface area contributed by atoms with Gasteiger partial charge in [-0.15, -0.1) is 4.40 Å². The third-order valence-electron chi connectivity index (χ3n) is 3.22. The van der Waals surface area contributed by atoms with E-state index in [1.807, 2.05) is 0 Å². The largest absolute Gasteiger partial charge is 0.347 e. The summed E-state index contributed by atoms with van der Waals surface area (Å²) in [5.74, 6) is -2.20. The third kappa shape index (κ3) is 3.00. The zero-order valence-electron chi connectivity index (χ0n) is 11.9. The van der Waals surface area contributed by atoms with Crippen LogP contribution < -0.4 is 10.6 Å². The molecule has 2 aromatic rings. The molecule has 2 N–H and O–H groups in total. The molecule has 1 unspecified atom stereocenters. The van der Waals surface area contributed by atoms with Crippen LogP contribution in [0.4, 0.5) is 14.5 Å². The summed E-state index contributed by atoms with van der Waals surface area (Å²) < 4.78 is 54.7. The lowest BCUT2D eigenvalue weighted by Gasteiger charge is -2.22. The van der Waals surface area contributed by atoms with Crippen LogP contribution in [0.25, 0.3) is 0 Å². The number of hydrogen-bond donors (Lipinski definition) is 2. The predicted octanol–water partition coefficient (Wildman–Crippen LogP) is 2.18. The molecule has 120 valence electrons. The molecule has 1 aromatic heterocycles. The van der Waals surface area contributed by atoms with Gasteiger partial charge < -0.3 is 10.6 Å². The Balaban J connectivity index is 1.93. The molecule has 1 aliphatic rings. The highest BCUT2D eigenvalue weighted by Gasteiger charge is 2.30. The molecule has 0 saturated heterocycles. The van der Waals surface area contributed by atoms with Crippen molar-refractivity contribution in [2.45, 2.75) is 17.9 Å². The van der Waals surface area contributed by atoms with Crippen LogP contribution in [-0.4, -0.2) is 19.4 Å². The molecule has 0 spiro atoms. The van der Waals surface area contributed by atoms with Crippen molar-refractivity contribution >= 4 is 21.7 Å². The maximum atomic E-state index is 13.7. The van der Waals surface area contributed by atoms with E-state index < -0.39 is 26.6 Å². The van der Waals surface area contributed by atoms with Crippen molar-refractivity contribution in [2.75, 3.05) is 5.32 Å². The number of nitrogens with one attached hydrogen (secondary N) is 2. The van der Waals surface area contributed by atoms with E-state index in [0.717, 1.165) is 6.07 Å². The van der Waals surface area contributed by atoms with E-state index >= 15 is 0 Å². The van der Waals surface area contributed by atoms with Crippen LogP contribution in [0.2, 0.25) is 0 Å². The van der Waals surface area contributed by atoms with Gasteiger partial charge in [0.15, 0.2) is 0 Å². The second kappa shape index (κ2) is 5.58. The highest BCUT2D eigenvalue weighted by molar-refractivity contribution is 7.90. The van der Waals surface area contributed by atoms with E-state index in [1.54, 1.807) is 31.3 Å². The van der Waals surface area contributed by atoms with Crippen molar-refractivity contribution in [1.29, 1.82) is 0 Å². The number of fused-ring (bicyclic) bond motifs is 1. The molecular weight excluding hydrogens is 326 g/mol. The quantitative estimate of drug-likeness (QED) is 0.877. The lowest BCUT2D eigenvalue weighted by molar-refractivity contribution is 0.550. The van der Waals surface area contributed by atoms with Crippen LogP contribution in [0.5, 0.6) is 0 Å². The number of sulfonamides is 1. The molecular formula is C14H12F2N4O2S. The minimum atomic E-state index is -4.27. The van der Waals surface area contributed by atoms with Crippen LogP contribution in [0.3, 0.4) is 0 Å². The van der Waals surface area contributed by atoms with Gasteiger partial charge in [-0.05, 0) is 25.1 Å². The van der Waals surface area contributed by atoms with E-state index in [4.69, 9.17) is 0 Å². The Hall–Kier alpha value is -2.55. The van der Waals surface area contributed by atoms with Crippen molar-refractivity contribution in [3.8, 4) is 0 Å². The van der Waals surface area contributed by atoms with Crippen molar-refractivity contribution in [2.24, 2.45) is 4.40 Å². The van der Waals surface area contributed by atoms with Gasteiger partial charge >= 0.3 is 0 Å². The molecule has 2 heterocycles. The van der Waals surface area contributed by atoms with Gasteiger partial charge in [0, 0.05) is 12.3 Å². The van der Waals surface area contributed by atoms with Crippen LogP contribution in [0.1, 0.15) is 18.7 Å². The van der Waals surface area contributed by atoms with Crippen molar-refractivity contribution in [1.82, 2.24) is 10.3 Å². The third-order valence-corrected chi connectivity index (χ3v) is 4.57. The first-order valence-electron chi connectivity index (χ1n) is 6.65. The van der Waals surface area contributed by atoms with E-state index in [-0.39, 0.29) is 17.7 Å². The smallest absolute Gasteiger partial charge is 0.290 e. The van der Waals surface area contributed by atoms with Crippen LogP contribution in [0, 0.1) is 11.6 Å². The van der Waals surface area contributed by atoms with Gasteiger partial charge in [0.2, 0.25) is 5.96 Å². The van der Waals surface area contributed by atoms with Gasteiger partial charge in [0.1, 0.15) is 16.5 Å². The predicted molar refractivity (Wildman–Crippen MR) is 80.4 cm³/mol. The fourth-order valence-electron chi connectivity index (χ4n) is 2.21. The molecule has 0 bridgehead atoms. The molecule has 0 aliphatic carbocycles. The Morgan fingerprint density at radius 3 is 2.74 bits per heavy atom. The van der Waals surface area contributed by atoms with Gasteiger partial charge in [-0.25, -0.2) is 8.78 Å². The maximum Gasteiger partial charge on any atom is 0.290 e. The minimum absolute atomic E-state index is 0.124. The Labute approximate surface area is 131 Å². The molecule has 1 atom stereocenters. The Kier molecular flexibility index (Phi) is 3.72. The van der Waals surface area contributed by atoms with Gasteiger partial charge in [-0.3, -0.25) is 4.98 Å². The van der Waals surface area contributed by atoms with E-state index in [1.165, 1.54) is 0 Å². The molecule has 0 saturated carbocycles. The molecule has 6 nitrogen and oxygen atoms in total. The van der Waals surface area contributed by atoms with Crippen LogP contribution >= 0.6 is 0 Å². The minimum Gasteiger partial charge on any atom is -0.347 e. The average molecular weight is 338 g/mol. The number of benzene rings is 1. The number of guanidine groups is 1. The summed E-state index contributed by atoms with van der Waals surface area (Å²) >= 11 is 0. The van der Waals surface area contributed by atoms with Crippen molar-refractivity contribution in [3.05, 3.63) is 53.9 Å². The number of anilines is 1. The zero-order chi connectivity index (χ0) is 16.6. The molecule has 1 aromatic carbocycles.